The molecular formula is C22H26N4. The number of aromatic nitrogens is 2. The highest BCUT2D eigenvalue weighted by molar-refractivity contribution is 5.58. The summed E-state index contributed by atoms with van der Waals surface area (Å²) in [7, 11) is 0. The fourth-order valence-corrected chi connectivity index (χ4v) is 2.81. The van der Waals surface area contributed by atoms with Crippen molar-refractivity contribution in [1.82, 2.24) is 9.97 Å². The number of aryl methyl sites for hydroxylation is 2. The van der Waals surface area contributed by atoms with Crippen molar-refractivity contribution in [3.63, 3.8) is 0 Å². The van der Waals surface area contributed by atoms with Crippen LogP contribution in [0.1, 0.15) is 42.1 Å². The molecule has 0 aliphatic heterocycles. The van der Waals surface area contributed by atoms with Gasteiger partial charge in [0.05, 0.1) is 0 Å². The Kier molecular flexibility index (Phi) is 5.52. The molecule has 0 atom stereocenters. The van der Waals surface area contributed by atoms with Crippen LogP contribution in [0.5, 0.6) is 0 Å². The summed E-state index contributed by atoms with van der Waals surface area (Å²) in [6.07, 6.45) is 0. The Balaban J connectivity index is 1.70. The lowest BCUT2D eigenvalue weighted by atomic mass is 10.0. The average Bonchev–Trinajstić information content (AvgIpc) is 2.60. The molecular weight excluding hydrogens is 320 g/mol. The second kappa shape index (κ2) is 8.00. The molecule has 3 aromatic rings. The van der Waals surface area contributed by atoms with Gasteiger partial charge in [-0.3, -0.25) is 0 Å². The lowest BCUT2D eigenvalue weighted by Gasteiger charge is -2.11. The number of hydrogen-bond donors (Lipinski definition) is 2. The van der Waals surface area contributed by atoms with Crippen molar-refractivity contribution < 1.29 is 0 Å². The van der Waals surface area contributed by atoms with Crippen LogP contribution in [-0.4, -0.2) is 9.97 Å². The van der Waals surface area contributed by atoms with Gasteiger partial charge in [0.25, 0.3) is 0 Å². The topological polar surface area (TPSA) is 49.8 Å². The molecule has 0 aliphatic carbocycles. The normalized spacial score (nSPS) is 10.8. The van der Waals surface area contributed by atoms with Gasteiger partial charge >= 0.3 is 0 Å². The molecule has 2 aromatic carbocycles. The van der Waals surface area contributed by atoms with E-state index in [1.165, 1.54) is 16.7 Å². The number of hydrogen-bond acceptors (Lipinski definition) is 4. The third-order valence-corrected chi connectivity index (χ3v) is 4.24. The predicted molar refractivity (Wildman–Crippen MR) is 109 cm³/mol. The highest BCUT2D eigenvalue weighted by Crippen LogP contribution is 2.21. The highest BCUT2D eigenvalue weighted by Gasteiger charge is 2.04. The molecule has 0 unspecified atom stereocenters. The molecule has 1 heterocycles. The quantitative estimate of drug-likeness (QED) is 0.612. The Morgan fingerprint density at radius 1 is 0.923 bits per heavy atom. The minimum Gasteiger partial charge on any atom is -0.350 e. The summed E-state index contributed by atoms with van der Waals surface area (Å²) < 4.78 is 0. The largest absolute Gasteiger partial charge is 0.350 e. The van der Waals surface area contributed by atoms with Gasteiger partial charge in [0.1, 0.15) is 5.82 Å². The van der Waals surface area contributed by atoms with Crippen molar-refractivity contribution in [3.05, 3.63) is 77.0 Å². The lowest BCUT2D eigenvalue weighted by molar-refractivity contribution is 0.867. The molecule has 0 amide bonds. The van der Waals surface area contributed by atoms with Crippen molar-refractivity contribution >= 4 is 17.5 Å². The van der Waals surface area contributed by atoms with Crippen LogP contribution in [0.25, 0.3) is 0 Å². The van der Waals surface area contributed by atoms with Gasteiger partial charge in [-0.05, 0) is 43.0 Å². The molecule has 0 saturated heterocycles. The first kappa shape index (κ1) is 17.9. The van der Waals surface area contributed by atoms with E-state index in [9.17, 15) is 0 Å². The van der Waals surface area contributed by atoms with E-state index >= 15 is 0 Å². The first-order chi connectivity index (χ1) is 12.5. The highest BCUT2D eigenvalue weighted by atomic mass is 15.1. The van der Waals surface area contributed by atoms with E-state index < -0.39 is 0 Å². The summed E-state index contributed by atoms with van der Waals surface area (Å²) in [5, 5.41) is 6.68. The smallest absolute Gasteiger partial charge is 0.225 e. The monoisotopic (exact) mass is 346 g/mol. The van der Waals surface area contributed by atoms with Crippen LogP contribution in [0, 0.1) is 13.8 Å². The predicted octanol–water partition coefficient (Wildman–Crippen LogP) is 5.57. The van der Waals surface area contributed by atoms with Crippen molar-refractivity contribution in [2.45, 2.75) is 40.2 Å². The maximum atomic E-state index is 4.59. The number of benzene rings is 2. The zero-order chi connectivity index (χ0) is 18.5. The summed E-state index contributed by atoms with van der Waals surface area (Å²) in [5.74, 6) is 1.96. The summed E-state index contributed by atoms with van der Waals surface area (Å²) in [6, 6.07) is 18.9. The molecule has 134 valence electrons. The van der Waals surface area contributed by atoms with Crippen molar-refractivity contribution in [2.24, 2.45) is 0 Å². The summed E-state index contributed by atoms with van der Waals surface area (Å²) in [6.45, 7) is 9.17. The fourth-order valence-electron chi connectivity index (χ4n) is 2.81. The first-order valence-corrected chi connectivity index (χ1v) is 9.01. The third kappa shape index (κ3) is 4.82. The van der Waals surface area contributed by atoms with E-state index in [2.05, 4.69) is 89.9 Å². The van der Waals surface area contributed by atoms with Gasteiger partial charge in [0.15, 0.2) is 0 Å². The van der Waals surface area contributed by atoms with Gasteiger partial charge in [-0.1, -0.05) is 55.8 Å². The number of nitrogens with zero attached hydrogens (tertiary/aromatic N) is 2. The zero-order valence-corrected chi connectivity index (χ0v) is 15.9. The van der Waals surface area contributed by atoms with Crippen LogP contribution in [0.2, 0.25) is 0 Å². The lowest BCUT2D eigenvalue weighted by Crippen LogP contribution is -2.06. The number of rotatable bonds is 6. The Hall–Kier alpha value is -2.88. The molecule has 0 spiro atoms. The Labute approximate surface area is 155 Å². The van der Waals surface area contributed by atoms with Crippen LogP contribution < -0.4 is 10.6 Å². The van der Waals surface area contributed by atoms with E-state index in [-0.39, 0.29) is 0 Å². The second-order valence-electron chi connectivity index (χ2n) is 6.96. The molecule has 0 fully saturated rings. The van der Waals surface area contributed by atoms with Crippen LogP contribution >= 0.6 is 0 Å². The van der Waals surface area contributed by atoms with Crippen LogP contribution in [0.15, 0.2) is 54.6 Å². The molecule has 4 heteroatoms. The molecule has 0 saturated carbocycles. The molecule has 0 bridgehead atoms. The van der Waals surface area contributed by atoms with Gasteiger partial charge in [-0.15, -0.1) is 0 Å². The van der Waals surface area contributed by atoms with Crippen molar-refractivity contribution in [3.8, 4) is 0 Å². The molecule has 1 aromatic heterocycles. The second-order valence-corrected chi connectivity index (χ2v) is 6.96. The SMILES string of the molecule is Cc1cccc(CNc2nc(C)cc(Nc3ccc(C(C)C)cc3)n2)c1. The maximum Gasteiger partial charge on any atom is 0.225 e. The van der Waals surface area contributed by atoms with Gasteiger partial charge < -0.3 is 10.6 Å². The third-order valence-electron chi connectivity index (χ3n) is 4.24. The van der Waals surface area contributed by atoms with Gasteiger partial charge in [-0.25, -0.2) is 4.98 Å². The standard InChI is InChI=1S/C22H26N4/c1-15(2)19-8-10-20(11-9-19)25-21-13-17(4)24-22(26-21)23-14-18-7-5-6-16(3)12-18/h5-13,15H,14H2,1-4H3,(H2,23,24,25,26). The van der Waals surface area contributed by atoms with E-state index in [1.54, 1.807) is 0 Å². The molecule has 0 aliphatic rings. The van der Waals surface area contributed by atoms with Crippen LogP contribution in [0.4, 0.5) is 17.5 Å². The molecule has 3 rings (SSSR count). The summed E-state index contributed by atoms with van der Waals surface area (Å²) >= 11 is 0. The number of nitrogens with one attached hydrogen (secondary N) is 2. The molecule has 26 heavy (non-hydrogen) atoms. The van der Waals surface area contributed by atoms with Gasteiger partial charge in [-0.2, -0.15) is 4.98 Å². The van der Waals surface area contributed by atoms with Gasteiger partial charge in [0, 0.05) is 24.0 Å². The summed E-state index contributed by atoms with van der Waals surface area (Å²) in [4.78, 5) is 9.08. The summed E-state index contributed by atoms with van der Waals surface area (Å²) in [5.41, 5.74) is 5.75. The van der Waals surface area contributed by atoms with Crippen LogP contribution in [0.3, 0.4) is 0 Å². The van der Waals surface area contributed by atoms with Crippen molar-refractivity contribution in [1.29, 1.82) is 0 Å². The minimum atomic E-state index is 0.530. The Morgan fingerprint density at radius 2 is 1.69 bits per heavy atom. The molecule has 2 N–H and O–H groups in total. The maximum absolute atomic E-state index is 4.59. The van der Waals surface area contributed by atoms with Crippen LogP contribution in [-0.2, 0) is 6.54 Å². The van der Waals surface area contributed by atoms with E-state index in [4.69, 9.17) is 0 Å². The number of anilines is 3. The minimum absolute atomic E-state index is 0.530. The van der Waals surface area contributed by atoms with Gasteiger partial charge in [0.2, 0.25) is 5.95 Å². The zero-order valence-electron chi connectivity index (χ0n) is 15.9. The van der Waals surface area contributed by atoms with Crippen molar-refractivity contribution in [2.75, 3.05) is 10.6 Å². The average molecular weight is 346 g/mol. The molecule has 4 nitrogen and oxygen atoms in total. The Morgan fingerprint density at radius 3 is 2.38 bits per heavy atom. The fraction of sp³-hybridized carbons (Fsp3) is 0.273. The molecule has 0 radical (unpaired) electrons. The first-order valence-electron chi connectivity index (χ1n) is 9.01. The Bertz CT molecular complexity index is 870. The van der Waals surface area contributed by atoms with E-state index in [1.807, 2.05) is 13.0 Å². The van der Waals surface area contributed by atoms with E-state index in [0.717, 1.165) is 17.2 Å². The van der Waals surface area contributed by atoms with E-state index in [0.29, 0.717) is 18.4 Å².